The number of nitrogens with one attached hydrogen (secondary N) is 1. The van der Waals surface area contributed by atoms with Crippen molar-refractivity contribution < 1.29 is 28.8 Å². The number of ketones is 1. The second-order valence-electron chi connectivity index (χ2n) is 20.6. The molecule has 1 aromatic rings. The van der Waals surface area contributed by atoms with Gasteiger partial charge >= 0.3 is 11.9 Å². The number of piperidine rings is 3. The van der Waals surface area contributed by atoms with Gasteiger partial charge in [0.2, 0.25) is 0 Å². The number of aryl methyl sites for hydroxylation is 1. The maximum Gasteiger partial charge on any atom is 0.339 e. The molecule has 15 atom stereocenters. The van der Waals surface area contributed by atoms with Gasteiger partial charge in [-0.25, -0.2) is 4.79 Å². The van der Waals surface area contributed by atoms with Gasteiger partial charge in [-0.1, -0.05) is 63.0 Å². The van der Waals surface area contributed by atoms with E-state index in [1.165, 1.54) is 69.9 Å². The number of nitrogens with two attached hydrogens (primary N) is 1. The molecule has 3 saturated carbocycles. The van der Waals surface area contributed by atoms with Crippen molar-refractivity contribution in [2.24, 2.45) is 58.0 Å². The molecular weight excluding hydrogens is 687 g/mol. The van der Waals surface area contributed by atoms with E-state index in [9.17, 15) is 4.79 Å². The van der Waals surface area contributed by atoms with E-state index < -0.39 is 22.5 Å². The number of fused-ring (bicyclic) bond motifs is 2. The Morgan fingerprint density at radius 3 is 2.67 bits per heavy atom. The van der Waals surface area contributed by atoms with Crippen molar-refractivity contribution in [3.63, 3.8) is 0 Å². The fourth-order valence-electron chi connectivity index (χ4n) is 16.7. The van der Waals surface area contributed by atoms with E-state index in [1.54, 1.807) is 0 Å². The number of rotatable bonds is 6. The van der Waals surface area contributed by atoms with Crippen molar-refractivity contribution in [1.29, 1.82) is 0 Å². The molecule has 13 aliphatic rings. The van der Waals surface area contributed by atoms with Crippen LogP contribution >= 0.6 is 0 Å². The number of Topliss-reactive ketones (excluding diaryl/α,β-unsaturated/α-hetero) is 1. The lowest BCUT2D eigenvalue weighted by molar-refractivity contribution is -0.976. The van der Waals surface area contributed by atoms with Gasteiger partial charge < -0.3 is 20.1 Å². The second kappa shape index (κ2) is 12.7. The SMILES string of the molecule is CCCC1C23C=C4CCC2(C(OC3=O)C(=O)CC(C2CCCC2)N2CC3CC(C2)C2CCC5CC(C)CC4C5[NH+]2C3)C12OC(=O)c1c(CCCN)cccc12. The zero-order valence-electron chi connectivity index (χ0n) is 33.4. The smallest absolute Gasteiger partial charge is 0.339 e. The van der Waals surface area contributed by atoms with Crippen LogP contribution in [0.1, 0.15) is 132 Å². The van der Waals surface area contributed by atoms with Crippen LogP contribution in [-0.2, 0) is 31.1 Å². The number of esters is 2. The van der Waals surface area contributed by atoms with Crippen LogP contribution < -0.4 is 10.6 Å². The third-order valence-electron chi connectivity index (χ3n) is 18.2. The highest BCUT2D eigenvalue weighted by Gasteiger charge is 2.92. The van der Waals surface area contributed by atoms with Gasteiger partial charge in [0, 0.05) is 67.1 Å². The predicted molar refractivity (Wildman–Crippen MR) is 208 cm³/mol. The largest absolute Gasteiger partial charge is 0.453 e. The van der Waals surface area contributed by atoms with Gasteiger partial charge in [0.25, 0.3) is 0 Å². The first kappa shape index (κ1) is 35.6. The van der Waals surface area contributed by atoms with Gasteiger partial charge in [-0.2, -0.15) is 0 Å². The minimum atomic E-state index is -1.08. The van der Waals surface area contributed by atoms with Crippen LogP contribution in [0.2, 0.25) is 0 Å². The van der Waals surface area contributed by atoms with E-state index in [2.05, 4.69) is 37.0 Å². The molecule has 4 aliphatic carbocycles. The molecule has 2 spiro atoms. The highest BCUT2D eigenvalue weighted by molar-refractivity contribution is 6.01. The van der Waals surface area contributed by atoms with E-state index in [0.29, 0.717) is 73.0 Å². The Morgan fingerprint density at radius 2 is 1.85 bits per heavy atom. The van der Waals surface area contributed by atoms with Gasteiger partial charge in [-0.15, -0.1) is 0 Å². The van der Waals surface area contributed by atoms with E-state index in [-0.39, 0.29) is 29.7 Å². The van der Waals surface area contributed by atoms with Crippen LogP contribution in [0.5, 0.6) is 0 Å². The van der Waals surface area contributed by atoms with Gasteiger partial charge in [-0.05, 0) is 94.6 Å². The minimum absolute atomic E-state index is 0.0741. The zero-order chi connectivity index (χ0) is 37.4. The van der Waals surface area contributed by atoms with Crippen LogP contribution in [0, 0.1) is 52.3 Å². The van der Waals surface area contributed by atoms with Crippen molar-refractivity contribution >= 4 is 17.7 Å². The molecule has 3 N–H and O–H groups in total. The van der Waals surface area contributed by atoms with Crippen LogP contribution in [0.4, 0.5) is 0 Å². The van der Waals surface area contributed by atoms with E-state index in [4.69, 9.17) is 15.2 Å². The van der Waals surface area contributed by atoms with Gasteiger partial charge in [0.1, 0.15) is 5.41 Å². The van der Waals surface area contributed by atoms with E-state index >= 15 is 9.59 Å². The summed E-state index contributed by atoms with van der Waals surface area (Å²) >= 11 is 0. The summed E-state index contributed by atoms with van der Waals surface area (Å²) < 4.78 is 13.7. The van der Waals surface area contributed by atoms with Crippen molar-refractivity contribution in [2.75, 3.05) is 26.2 Å². The molecule has 14 rings (SSSR count). The maximum atomic E-state index is 15.6. The Morgan fingerprint density at radius 1 is 1.00 bits per heavy atom. The number of ether oxygens (including phenoxy) is 2. The summed E-state index contributed by atoms with van der Waals surface area (Å²) in [4.78, 5) is 49.9. The first-order valence-electron chi connectivity index (χ1n) is 22.9. The number of benzene rings is 1. The summed E-state index contributed by atoms with van der Waals surface area (Å²) in [6.07, 6.45) is 17.8. The number of carbonyl (C=O) groups excluding carboxylic acids is 3. The summed E-state index contributed by atoms with van der Waals surface area (Å²) in [7, 11) is 0. The Kier molecular flexibility index (Phi) is 8.24. The zero-order valence-corrected chi connectivity index (χ0v) is 33.4. The van der Waals surface area contributed by atoms with Crippen molar-refractivity contribution in [2.45, 2.75) is 146 Å². The lowest BCUT2D eigenvalue weighted by Crippen LogP contribution is -3.24. The summed E-state index contributed by atoms with van der Waals surface area (Å²) in [5, 5.41) is 0. The second-order valence-corrected chi connectivity index (χ2v) is 20.6. The highest BCUT2D eigenvalue weighted by atomic mass is 16.6. The van der Waals surface area contributed by atoms with Crippen LogP contribution in [0.25, 0.3) is 0 Å². The standard InChI is InChI=1S/C47H63N3O5/c1-3-8-39-45-23-32-16-17-46(45,47(39)35-13-6-11-30(12-7-18-48)40(35)43(52)55-47)42(54-44(45)53)38(51)22-37(29-9-4-5-10-29)49-24-28-21-33(26-49)36-15-14-31-19-27(2)20-34(32)41(31)50(36)25-28/h6,11,13,23,27-29,31,33-34,36-37,39,41-42H,3-5,7-10,12,14-22,24-26,48H2,1-2H3/p+1. The average Bonchev–Trinajstić information content (AvgIpc) is 3.89. The molecule has 9 aliphatic heterocycles. The lowest BCUT2D eigenvalue weighted by atomic mass is 9.30. The maximum absolute atomic E-state index is 15.6. The quantitative estimate of drug-likeness (QED) is 0.291. The molecule has 296 valence electrons. The lowest BCUT2D eigenvalue weighted by Gasteiger charge is -2.70. The number of hydrogen-bond acceptors (Lipinski definition) is 7. The fourth-order valence-corrected chi connectivity index (χ4v) is 16.7. The summed E-state index contributed by atoms with van der Waals surface area (Å²) in [6, 6.07) is 7.68. The Labute approximate surface area is 327 Å². The average molecular weight is 751 g/mol. The van der Waals surface area contributed by atoms with Crippen LogP contribution in [0.15, 0.2) is 29.8 Å². The topological polar surface area (TPSA) is 103 Å². The van der Waals surface area contributed by atoms with Crippen molar-refractivity contribution in [3.05, 3.63) is 46.5 Å². The normalized spacial score (nSPS) is 47.8. The molecule has 15 unspecified atom stereocenters. The third kappa shape index (κ3) is 4.54. The van der Waals surface area contributed by atoms with Gasteiger partial charge in [0.05, 0.1) is 29.6 Å². The van der Waals surface area contributed by atoms with Gasteiger partial charge in [0.15, 0.2) is 17.5 Å². The molecule has 6 saturated heterocycles. The monoisotopic (exact) mass is 750 g/mol. The summed E-state index contributed by atoms with van der Waals surface area (Å²) in [5.74, 6) is 2.96. The molecule has 10 bridgehead atoms. The number of carbonyl (C=O) groups is 3. The predicted octanol–water partition coefficient (Wildman–Crippen LogP) is 5.55. The Balaban J connectivity index is 1.13. The van der Waals surface area contributed by atoms with Crippen molar-refractivity contribution in [3.8, 4) is 0 Å². The van der Waals surface area contributed by atoms with Gasteiger partial charge in [-0.3, -0.25) is 14.5 Å². The molecular formula is C47H64N3O5+. The first-order valence-corrected chi connectivity index (χ1v) is 22.9. The van der Waals surface area contributed by atoms with Crippen LogP contribution in [-0.4, -0.2) is 73.0 Å². The number of hydrogen-bond donors (Lipinski definition) is 2. The number of quaternary nitrogens is 1. The third-order valence-corrected chi connectivity index (χ3v) is 18.2. The first-order chi connectivity index (χ1) is 26.8. The minimum Gasteiger partial charge on any atom is -0.453 e. The molecule has 9 heterocycles. The Hall–Kier alpha value is -2.55. The van der Waals surface area contributed by atoms with E-state index in [0.717, 1.165) is 55.8 Å². The fraction of sp³-hybridized carbons (Fsp3) is 0.766. The summed E-state index contributed by atoms with van der Waals surface area (Å²) in [5.41, 5.74) is 6.95. The molecule has 55 heavy (non-hydrogen) atoms. The molecule has 0 radical (unpaired) electrons. The molecule has 0 amide bonds. The molecule has 0 aromatic heterocycles. The molecule has 8 heteroatoms. The number of nitrogens with zero attached hydrogens (tertiary/aromatic N) is 1. The van der Waals surface area contributed by atoms with Crippen LogP contribution in [0.3, 0.4) is 0 Å². The van der Waals surface area contributed by atoms with E-state index in [1.807, 2.05) is 11.0 Å². The molecule has 9 fully saturated rings. The molecule has 1 aromatic carbocycles. The highest BCUT2D eigenvalue weighted by Crippen LogP contribution is 2.83. The summed E-state index contributed by atoms with van der Waals surface area (Å²) in [6.45, 7) is 8.68. The van der Waals surface area contributed by atoms with Crippen molar-refractivity contribution in [1.82, 2.24) is 4.90 Å². The molecule has 8 nitrogen and oxygen atoms in total. The Bertz CT molecular complexity index is 1820.